The van der Waals surface area contributed by atoms with Crippen LogP contribution in [0.1, 0.15) is 11.5 Å². The van der Waals surface area contributed by atoms with Crippen molar-refractivity contribution < 1.29 is 0 Å². The molecule has 0 bridgehead atoms. The second-order valence-corrected chi connectivity index (χ2v) is 4.27. The summed E-state index contributed by atoms with van der Waals surface area (Å²) in [7, 11) is 0. The third-order valence-corrected chi connectivity index (χ3v) is 2.65. The van der Waals surface area contributed by atoms with E-state index in [-0.39, 0.29) is 0 Å². The number of hydrogen-bond donors (Lipinski definition) is 4. The van der Waals surface area contributed by atoms with E-state index in [9.17, 15) is 0 Å². The van der Waals surface area contributed by atoms with E-state index in [1.165, 1.54) is 5.69 Å². The quantitative estimate of drug-likeness (QED) is 0.599. The highest BCUT2D eigenvalue weighted by atomic mass is 15.1. The van der Waals surface area contributed by atoms with Crippen molar-refractivity contribution in [3.63, 3.8) is 0 Å². The van der Waals surface area contributed by atoms with Gasteiger partial charge in [0.15, 0.2) is 0 Å². The summed E-state index contributed by atoms with van der Waals surface area (Å²) >= 11 is 0. The topological polar surface area (TPSA) is 91.6 Å². The molecular formula is C13H20N6. The van der Waals surface area contributed by atoms with Crippen LogP contribution in [0.4, 0.5) is 11.6 Å². The fourth-order valence-corrected chi connectivity index (χ4v) is 1.80. The van der Waals surface area contributed by atoms with Gasteiger partial charge < -0.3 is 21.4 Å². The maximum atomic E-state index is 5.46. The van der Waals surface area contributed by atoms with Crippen LogP contribution >= 0.6 is 0 Å². The highest BCUT2D eigenvalue weighted by molar-refractivity contribution is 5.47. The minimum Gasteiger partial charge on any atom is -0.370 e. The summed E-state index contributed by atoms with van der Waals surface area (Å²) in [6, 6.07) is 5.97. The van der Waals surface area contributed by atoms with Crippen molar-refractivity contribution in [2.45, 2.75) is 13.3 Å². The molecule has 0 radical (unpaired) electrons. The number of hydrogen-bond acceptors (Lipinski definition) is 5. The first-order valence-corrected chi connectivity index (χ1v) is 6.43. The van der Waals surface area contributed by atoms with Gasteiger partial charge in [0, 0.05) is 44.0 Å². The van der Waals surface area contributed by atoms with Crippen LogP contribution in [0, 0.1) is 6.92 Å². The van der Waals surface area contributed by atoms with Gasteiger partial charge in [-0.2, -0.15) is 0 Å². The largest absolute Gasteiger partial charge is 0.370 e. The lowest BCUT2D eigenvalue weighted by molar-refractivity contribution is 0.948. The van der Waals surface area contributed by atoms with Crippen LogP contribution in [0.5, 0.6) is 0 Å². The van der Waals surface area contributed by atoms with E-state index in [2.05, 4.69) is 31.7 Å². The van der Waals surface area contributed by atoms with Gasteiger partial charge in [-0.1, -0.05) is 0 Å². The molecule has 0 amide bonds. The maximum Gasteiger partial charge on any atom is 0.131 e. The summed E-state index contributed by atoms with van der Waals surface area (Å²) < 4.78 is 0. The number of H-pyrrole nitrogens is 1. The molecule has 6 nitrogen and oxygen atoms in total. The predicted molar refractivity (Wildman–Crippen MR) is 77.3 cm³/mol. The molecule has 0 unspecified atom stereocenters. The van der Waals surface area contributed by atoms with Crippen molar-refractivity contribution in [2.75, 3.05) is 30.3 Å². The first-order valence-electron chi connectivity index (χ1n) is 6.43. The van der Waals surface area contributed by atoms with Crippen LogP contribution in [0.25, 0.3) is 0 Å². The number of aromatic amines is 1. The molecule has 0 fully saturated rings. The second kappa shape index (κ2) is 6.75. The Balaban J connectivity index is 1.90. The van der Waals surface area contributed by atoms with Crippen LogP contribution in [-0.4, -0.2) is 34.6 Å². The van der Waals surface area contributed by atoms with Gasteiger partial charge in [0.25, 0.3) is 0 Å². The van der Waals surface area contributed by atoms with E-state index in [1.54, 1.807) is 0 Å². The van der Waals surface area contributed by atoms with Gasteiger partial charge >= 0.3 is 0 Å². The van der Waals surface area contributed by atoms with Crippen LogP contribution < -0.4 is 16.4 Å². The van der Waals surface area contributed by atoms with Crippen molar-refractivity contribution in [2.24, 2.45) is 5.73 Å². The van der Waals surface area contributed by atoms with Crippen LogP contribution in [0.3, 0.4) is 0 Å². The zero-order valence-electron chi connectivity index (χ0n) is 11.1. The van der Waals surface area contributed by atoms with Gasteiger partial charge in [-0.15, -0.1) is 0 Å². The third kappa shape index (κ3) is 4.26. The Morgan fingerprint density at radius 2 is 1.95 bits per heavy atom. The summed E-state index contributed by atoms with van der Waals surface area (Å²) in [6.45, 7) is 3.99. The van der Waals surface area contributed by atoms with Crippen LogP contribution in [0.15, 0.2) is 24.4 Å². The molecule has 0 aliphatic carbocycles. The Morgan fingerprint density at radius 1 is 1.21 bits per heavy atom. The van der Waals surface area contributed by atoms with E-state index in [0.29, 0.717) is 13.1 Å². The van der Waals surface area contributed by atoms with Crippen molar-refractivity contribution in [1.82, 2.24) is 15.0 Å². The van der Waals surface area contributed by atoms with Crippen LogP contribution in [-0.2, 0) is 6.42 Å². The van der Waals surface area contributed by atoms with Gasteiger partial charge in [-0.25, -0.2) is 9.97 Å². The van der Waals surface area contributed by atoms with E-state index in [4.69, 9.17) is 5.73 Å². The third-order valence-electron chi connectivity index (χ3n) is 2.65. The number of aryl methyl sites for hydroxylation is 1. The minimum absolute atomic E-state index is 0.582. The Morgan fingerprint density at radius 3 is 2.58 bits per heavy atom. The van der Waals surface area contributed by atoms with E-state index in [1.807, 2.05) is 25.3 Å². The van der Waals surface area contributed by atoms with E-state index in [0.717, 1.165) is 30.4 Å². The fraction of sp³-hybridized carbons (Fsp3) is 0.385. The van der Waals surface area contributed by atoms with Gasteiger partial charge in [0.1, 0.15) is 17.5 Å². The van der Waals surface area contributed by atoms with E-state index >= 15 is 0 Å². The molecule has 0 aliphatic heterocycles. The van der Waals surface area contributed by atoms with E-state index < -0.39 is 0 Å². The monoisotopic (exact) mass is 260 g/mol. The molecule has 2 heterocycles. The smallest absolute Gasteiger partial charge is 0.131 e. The van der Waals surface area contributed by atoms with Gasteiger partial charge in [-0.3, -0.25) is 0 Å². The van der Waals surface area contributed by atoms with Crippen molar-refractivity contribution >= 4 is 11.6 Å². The standard InChI is InChI=1S/C13H20N6/c1-10-18-12(9-13(19-10)17-8-5-14)16-7-4-11-3-2-6-15-11/h2-3,6,9,15H,4-5,7-8,14H2,1H3,(H2,16,17,18,19). The summed E-state index contributed by atoms with van der Waals surface area (Å²) in [5, 5.41) is 6.46. The average molecular weight is 260 g/mol. The molecule has 0 saturated carbocycles. The lowest BCUT2D eigenvalue weighted by Crippen LogP contribution is -2.15. The normalized spacial score (nSPS) is 10.4. The number of nitrogens with zero attached hydrogens (tertiary/aromatic N) is 2. The number of rotatable bonds is 7. The highest BCUT2D eigenvalue weighted by Crippen LogP contribution is 2.10. The molecule has 0 aromatic carbocycles. The number of aromatic nitrogens is 3. The second-order valence-electron chi connectivity index (χ2n) is 4.27. The molecule has 2 aromatic heterocycles. The van der Waals surface area contributed by atoms with Crippen molar-refractivity contribution in [1.29, 1.82) is 0 Å². The zero-order valence-corrected chi connectivity index (χ0v) is 11.1. The summed E-state index contributed by atoms with van der Waals surface area (Å²) in [6.07, 6.45) is 2.86. The molecule has 6 heteroatoms. The van der Waals surface area contributed by atoms with Gasteiger partial charge in [0.05, 0.1) is 0 Å². The molecule has 102 valence electrons. The summed E-state index contributed by atoms with van der Waals surface area (Å²) in [5.74, 6) is 2.38. The molecule has 0 spiro atoms. The molecule has 19 heavy (non-hydrogen) atoms. The minimum atomic E-state index is 0.582. The Labute approximate surface area is 112 Å². The first-order chi connectivity index (χ1) is 9.28. The Kier molecular flexibility index (Phi) is 4.74. The molecule has 0 saturated heterocycles. The van der Waals surface area contributed by atoms with Crippen LogP contribution in [0.2, 0.25) is 0 Å². The molecule has 2 rings (SSSR count). The Hall–Kier alpha value is -2.08. The van der Waals surface area contributed by atoms with Gasteiger partial charge in [-0.05, 0) is 19.1 Å². The van der Waals surface area contributed by atoms with Crippen molar-refractivity contribution in [3.05, 3.63) is 35.9 Å². The lowest BCUT2D eigenvalue weighted by Gasteiger charge is -2.09. The first kappa shape index (κ1) is 13.4. The summed E-state index contributed by atoms with van der Waals surface area (Å²) in [5.41, 5.74) is 6.67. The van der Waals surface area contributed by atoms with Gasteiger partial charge in [0.2, 0.25) is 0 Å². The lowest BCUT2D eigenvalue weighted by atomic mass is 10.3. The molecule has 5 N–H and O–H groups in total. The zero-order chi connectivity index (χ0) is 13.5. The highest BCUT2D eigenvalue weighted by Gasteiger charge is 2.01. The number of nitrogens with one attached hydrogen (secondary N) is 3. The average Bonchev–Trinajstić information content (AvgIpc) is 2.89. The Bertz CT molecular complexity index is 494. The molecule has 0 aliphatic rings. The number of nitrogens with two attached hydrogens (primary N) is 1. The summed E-state index contributed by atoms with van der Waals surface area (Å²) in [4.78, 5) is 11.8. The molecule has 0 atom stereocenters. The molecule has 2 aromatic rings. The number of anilines is 2. The van der Waals surface area contributed by atoms with Crippen molar-refractivity contribution in [3.8, 4) is 0 Å². The maximum absolute atomic E-state index is 5.46. The fourth-order valence-electron chi connectivity index (χ4n) is 1.80. The predicted octanol–water partition coefficient (Wildman–Crippen LogP) is 1.14. The molecular weight excluding hydrogens is 240 g/mol. The SMILES string of the molecule is Cc1nc(NCCN)cc(NCCc2ccc[nH]2)n1.